The van der Waals surface area contributed by atoms with Gasteiger partial charge in [-0.25, -0.2) is 0 Å². The zero-order chi connectivity index (χ0) is 25.0. The van der Waals surface area contributed by atoms with E-state index in [0.717, 1.165) is 16.3 Å². The van der Waals surface area contributed by atoms with Crippen LogP contribution in [0.3, 0.4) is 0 Å². The third kappa shape index (κ3) is 5.60. The van der Waals surface area contributed by atoms with E-state index in [0.29, 0.717) is 15.7 Å². The zero-order valence-corrected chi connectivity index (χ0v) is 20.9. The van der Waals surface area contributed by atoms with Crippen LogP contribution in [0.2, 0.25) is 0 Å². The third-order valence-corrected chi connectivity index (χ3v) is 7.05. The van der Waals surface area contributed by atoms with E-state index in [1.54, 1.807) is 30.3 Å². The van der Waals surface area contributed by atoms with Gasteiger partial charge in [-0.15, -0.1) is 0 Å². The lowest BCUT2D eigenvalue weighted by atomic mass is 10.1. The first-order chi connectivity index (χ1) is 16.8. The van der Waals surface area contributed by atoms with E-state index >= 15 is 0 Å². The van der Waals surface area contributed by atoms with Gasteiger partial charge in [0, 0.05) is 11.1 Å². The van der Waals surface area contributed by atoms with E-state index in [1.165, 1.54) is 24.3 Å². The van der Waals surface area contributed by atoms with E-state index in [2.05, 4.69) is 21.2 Å². The van der Waals surface area contributed by atoms with Crippen LogP contribution in [0.1, 0.15) is 11.1 Å². The van der Waals surface area contributed by atoms with Gasteiger partial charge in [0.2, 0.25) is 0 Å². The summed E-state index contributed by atoms with van der Waals surface area (Å²) in [6, 6.07) is 26.0. The molecule has 35 heavy (non-hydrogen) atoms. The quantitative estimate of drug-likeness (QED) is 0.176. The lowest BCUT2D eigenvalue weighted by Crippen LogP contribution is -2.13. The molecule has 0 heterocycles. The fourth-order valence-electron chi connectivity index (χ4n) is 3.39. The van der Waals surface area contributed by atoms with E-state index in [-0.39, 0.29) is 16.2 Å². The maximum Gasteiger partial charge on any atom is 0.339 e. The average Bonchev–Trinajstić information content (AvgIpc) is 2.84. The number of rotatable bonds is 6. The molecule has 4 aromatic rings. The minimum atomic E-state index is -4.02. The van der Waals surface area contributed by atoms with Crippen molar-refractivity contribution in [3.05, 3.63) is 106 Å². The molecule has 1 N–H and O–H groups in total. The monoisotopic (exact) mass is 546 g/mol. The van der Waals surface area contributed by atoms with E-state index in [4.69, 9.17) is 4.18 Å². The van der Waals surface area contributed by atoms with Crippen LogP contribution in [0.15, 0.2) is 99.9 Å². The molecule has 0 saturated carbocycles. The van der Waals surface area contributed by atoms with Crippen molar-refractivity contribution in [1.29, 1.82) is 5.26 Å². The molecule has 0 fully saturated rings. The summed E-state index contributed by atoms with van der Waals surface area (Å²) in [5.74, 6) is -0.469. The summed E-state index contributed by atoms with van der Waals surface area (Å²) in [5.41, 5.74) is 1.94. The molecule has 0 unspecified atom stereocenters. The summed E-state index contributed by atoms with van der Waals surface area (Å²) in [4.78, 5) is 12.8. The van der Waals surface area contributed by atoms with Gasteiger partial charge >= 0.3 is 10.1 Å². The molecule has 4 rings (SSSR count). The van der Waals surface area contributed by atoms with E-state index in [1.807, 2.05) is 49.4 Å². The smallest absolute Gasteiger partial charge is 0.339 e. The van der Waals surface area contributed by atoms with Crippen LogP contribution in [0, 0.1) is 18.3 Å². The second-order valence-corrected chi connectivity index (χ2v) is 10.1. The molecule has 8 heteroatoms. The first kappa shape index (κ1) is 24.2. The minimum absolute atomic E-state index is 0.0378. The van der Waals surface area contributed by atoms with Crippen LogP contribution in [-0.2, 0) is 14.9 Å². The van der Waals surface area contributed by atoms with Gasteiger partial charge in [-0.2, -0.15) is 13.7 Å². The molecule has 6 nitrogen and oxygen atoms in total. The molecule has 0 radical (unpaired) electrons. The Morgan fingerprint density at radius 3 is 2.43 bits per heavy atom. The second-order valence-electron chi connectivity index (χ2n) is 7.69. The molecular weight excluding hydrogens is 528 g/mol. The number of aryl methyl sites for hydroxylation is 1. The van der Waals surface area contributed by atoms with Gasteiger partial charge < -0.3 is 9.50 Å². The number of carbonyl (C=O) groups is 1. The van der Waals surface area contributed by atoms with Crippen molar-refractivity contribution >= 4 is 54.5 Å². The molecule has 4 aromatic carbocycles. The van der Waals surface area contributed by atoms with Gasteiger partial charge in [0.25, 0.3) is 5.91 Å². The van der Waals surface area contributed by atoms with Gasteiger partial charge in [-0.05, 0) is 70.2 Å². The number of halogens is 1. The summed E-state index contributed by atoms with van der Waals surface area (Å²) in [6.07, 6.45) is 1.42. The molecule has 0 saturated heterocycles. The molecule has 0 spiro atoms. The number of nitriles is 1. The highest BCUT2D eigenvalue weighted by Crippen LogP contribution is 2.30. The Balaban J connectivity index is 1.55. The lowest BCUT2D eigenvalue weighted by molar-refractivity contribution is -0.112. The van der Waals surface area contributed by atoms with Crippen molar-refractivity contribution in [3.63, 3.8) is 0 Å². The minimum Gasteiger partial charge on any atom is -0.378 e. The standard InChI is InChI=1S/C27H19BrN2O4S/c1-18-9-12-22(13-10-18)35(32,33)34-26-14-11-19(16-24(26)28)15-21(17-29)27(31)30-25-8-4-6-20-5-2-3-7-23(20)25/h2-16H,1H3,(H,30,31)/b21-15+. The molecule has 0 aliphatic rings. The Bertz CT molecular complexity index is 1600. The second kappa shape index (κ2) is 10.1. The maximum atomic E-state index is 12.8. The van der Waals surface area contributed by atoms with Crippen molar-refractivity contribution in [2.45, 2.75) is 11.8 Å². The number of amides is 1. The topological polar surface area (TPSA) is 96.3 Å². The number of hydrogen-bond acceptors (Lipinski definition) is 5. The van der Waals surface area contributed by atoms with Crippen molar-refractivity contribution in [2.75, 3.05) is 5.32 Å². The Hall–Kier alpha value is -3.93. The van der Waals surface area contributed by atoms with Gasteiger partial charge in [-0.1, -0.05) is 60.2 Å². The predicted molar refractivity (Wildman–Crippen MR) is 139 cm³/mol. The number of fused-ring (bicyclic) bond motifs is 1. The lowest BCUT2D eigenvalue weighted by Gasteiger charge is -2.10. The summed E-state index contributed by atoms with van der Waals surface area (Å²) < 4.78 is 30.8. The summed E-state index contributed by atoms with van der Waals surface area (Å²) in [6.45, 7) is 1.86. The van der Waals surface area contributed by atoms with Crippen LogP contribution >= 0.6 is 15.9 Å². The maximum absolute atomic E-state index is 12.8. The normalized spacial score (nSPS) is 11.6. The largest absolute Gasteiger partial charge is 0.378 e. The van der Waals surface area contributed by atoms with Crippen molar-refractivity contribution in [2.24, 2.45) is 0 Å². The third-order valence-electron chi connectivity index (χ3n) is 5.18. The number of carbonyl (C=O) groups excluding carboxylic acids is 1. The van der Waals surface area contributed by atoms with Crippen LogP contribution in [0.5, 0.6) is 5.75 Å². The summed E-state index contributed by atoms with van der Waals surface area (Å²) >= 11 is 3.31. The van der Waals surface area contributed by atoms with Crippen molar-refractivity contribution in [3.8, 4) is 11.8 Å². The van der Waals surface area contributed by atoms with Crippen LogP contribution in [0.4, 0.5) is 5.69 Å². The molecule has 0 atom stereocenters. The Morgan fingerprint density at radius 2 is 1.71 bits per heavy atom. The SMILES string of the molecule is Cc1ccc(S(=O)(=O)Oc2ccc(/C=C(\C#N)C(=O)Nc3cccc4ccccc34)cc2Br)cc1. The number of nitrogens with one attached hydrogen (secondary N) is 1. The Morgan fingerprint density at radius 1 is 1.00 bits per heavy atom. The number of benzene rings is 4. The van der Waals surface area contributed by atoms with Gasteiger partial charge in [-0.3, -0.25) is 4.79 Å². The van der Waals surface area contributed by atoms with Gasteiger partial charge in [0.05, 0.1) is 4.47 Å². The zero-order valence-electron chi connectivity index (χ0n) is 18.5. The Labute approximate surface area is 211 Å². The van der Waals surface area contributed by atoms with Crippen molar-refractivity contribution < 1.29 is 17.4 Å². The molecule has 174 valence electrons. The predicted octanol–water partition coefficient (Wildman–Crippen LogP) is 6.22. The van der Waals surface area contributed by atoms with E-state index < -0.39 is 16.0 Å². The molecule has 1 amide bonds. The molecule has 0 aliphatic carbocycles. The average molecular weight is 547 g/mol. The highest BCUT2D eigenvalue weighted by Gasteiger charge is 2.18. The first-order valence-electron chi connectivity index (χ1n) is 10.5. The van der Waals surface area contributed by atoms with Crippen LogP contribution in [-0.4, -0.2) is 14.3 Å². The summed E-state index contributed by atoms with van der Waals surface area (Å²) in [7, 11) is -4.02. The highest BCUT2D eigenvalue weighted by atomic mass is 79.9. The number of anilines is 1. The van der Waals surface area contributed by atoms with Crippen LogP contribution in [0.25, 0.3) is 16.8 Å². The first-order valence-corrected chi connectivity index (χ1v) is 12.7. The molecule has 0 aliphatic heterocycles. The van der Waals surface area contributed by atoms with Gasteiger partial charge in [0.1, 0.15) is 16.5 Å². The molecule has 0 aromatic heterocycles. The highest BCUT2D eigenvalue weighted by molar-refractivity contribution is 9.10. The number of hydrogen-bond donors (Lipinski definition) is 1. The summed E-state index contributed by atoms with van der Waals surface area (Å²) in [5, 5.41) is 14.2. The Kier molecular flexibility index (Phi) is 7.01. The molecular formula is C27H19BrN2O4S. The van der Waals surface area contributed by atoms with Crippen molar-refractivity contribution in [1.82, 2.24) is 0 Å². The molecule has 0 bridgehead atoms. The van der Waals surface area contributed by atoms with E-state index in [9.17, 15) is 18.5 Å². The fraction of sp³-hybridized carbons (Fsp3) is 0.0370. The number of nitrogens with zero attached hydrogens (tertiary/aromatic N) is 1. The van der Waals surface area contributed by atoms with Gasteiger partial charge in [0.15, 0.2) is 5.75 Å². The van der Waals surface area contributed by atoms with Crippen LogP contribution < -0.4 is 9.50 Å². The fourth-order valence-corrected chi connectivity index (χ4v) is 4.92.